The highest BCUT2D eigenvalue weighted by Crippen LogP contribution is 2.31. The van der Waals surface area contributed by atoms with Gasteiger partial charge in [-0.1, -0.05) is 13.8 Å². The van der Waals surface area contributed by atoms with Crippen LogP contribution in [-0.2, 0) is 6.54 Å². The zero-order chi connectivity index (χ0) is 26.6. The van der Waals surface area contributed by atoms with E-state index in [1.54, 1.807) is 18.5 Å². The van der Waals surface area contributed by atoms with Crippen LogP contribution in [0, 0.1) is 17.6 Å². The number of tetrazole rings is 1. The molecule has 0 aliphatic carbocycles. The zero-order valence-electron chi connectivity index (χ0n) is 21.5. The summed E-state index contributed by atoms with van der Waals surface area (Å²) < 4.78 is 38.6. The van der Waals surface area contributed by atoms with Gasteiger partial charge in [0.05, 0.1) is 11.8 Å². The standard InChI is InChI=1S/C26H31F2N9O/c1-17(2)7-10-36-16-19(15-31-36)18-13-20(25(29)30-14-18)26-32-33-34-37(26)21-5-6-22(24(28)23(21)27)38-12-11-35-8-3-4-9-35/h5-6,13-17H,3-4,7-12H2,1-2H3,(H2,29,30). The van der Waals surface area contributed by atoms with Crippen LogP contribution in [0.4, 0.5) is 14.6 Å². The first-order chi connectivity index (χ1) is 18.4. The molecule has 3 aromatic heterocycles. The Hall–Kier alpha value is -3.93. The summed E-state index contributed by atoms with van der Waals surface area (Å²) in [6, 6.07) is 4.53. The number of hydrogen-bond acceptors (Lipinski definition) is 8. The fourth-order valence-electron chi connectivity index (χ4n) is 4.44. The highest BCUT2D eigenvalue weighted by Gasteiger charge is 2.22. The molecule has 0 radical (unpaired) electrons. The van der Waals surface area contributed by atoms with Gasteiger partial charge in [-0.25, -0.2) is 9.37 Å². The predicted molar refractivity (Wildman–Crippen MR) is 139 cm³/mol. The number of aromatic nitrogens is 7. The van der Waals surface area contributed by atoms with Crippen LogP contribution in [0.3, 0.4) is 0 Å². The number of halogens is 2. The number of benzene rings is 1. The van der Waals surface area contributed by atoms with E-state index in [1.165, 1.54) is 12.1 Å². The average Bonchev–Trinajstić information content (AvgIpc) is 3.68. The van der Waals surface area contributed by atoms with Gasteiger partial charge in [0, 0.05) is 36.6 Å². The van der Waals surface area contributed by atoms with Gasteiger partial charge in [-0.2, -0.15) is 14.2 Å². The second-order valence-electron chi connectivity index (χ2n) is 9.85. The van der Waals surface area contributed by atoms with Crippen molar-refractivity contribution in [2.45, 2.75) is 39.7 Å². The number of ether oxygens (including phenoxy) is 1. The van der Waals surface area contributed by atoms with Crippen LogP contribution in [0.2, 0.25) is 0 Å². The molecule has 1 aromatic carbocycles. The summed E-state index contributed by atoms with van der Waals surface area (Å²) in [5.41, 5.74) is 7.96. The molecule has 4 heterocycles. The minimum Gasteiger partial charge on any atom is -0.489 e. The van der Waals surface area contributed by atoms with Crippen LogP contribution in [0.15, 0.2) is 36.8 Å². The Bertz CT molecular complexity index is 1400. The van der Waals surface area contributed by atoms with Crippen LogP contribution in [0.1, 0.15) is 33.1 Å². The lowest BCUT2D eigenvalue weighted by molar-refractivity contribution is 0.229. The van der Waals surface area contributed by atoms with Gasteiger partial charge < -0.3 is 10.5 Å². The van der Waals surface area contributed by atoms with Crippen molar-refractivity contribution in [3.05, 3.63) is 48.4 Å². The fourth-order valence-corrected chi connectivity index (χ4v) is 4.44. The molecule has 12 heteroatoms. The molecule has 5 rings (SSSR count). The first-order valence-electron chi connectivity index (χ1n) is 12.8. The summed E-state index contributed by atoms with van der Waals surface area (Å²) >= 11 is 0. The van der Waals surface area contributed by atoms with E-state index in [9.17, 15) is 4.39 Å². The van der Waals surface area contributed by atoms with E-state index in [0.717, 1.165) is 54.7 Å². The third kappa shape index (κ3) is 5.49. The van der Waals surface area contributed by atoms with Crippen molar-refractivity contribution in [2.24, 2.45) is 5.92 Å². The van der Waals surface area contributed by atoms with Gasteiger partial charge in [0.2, 0.25) is 5.82 Å². The summed E-state index contributed by atoms with van der Waals surface area (Å²) in [5.74, 6) is -1.53. The van der Waals surface area contributed by atoms with Crippen LogP contribution in [0.5, 0.6) is 5.75 Å². The Labute approximate surface area is 219 Å². The average molecular weight is 524 g/mol. The molecule has 2 N–H and O–H groups in total. The lowest BCUT2D eigenvalue weighted by atomic mass is 10.1. The SMILES string of the molecule is CC(C)CCn1cc(-c2cnc(N)c(-c3nnnn3-c3ccc(OCCN4CCCC4)c(F)c3F)c2)cn1. The lowest BCUT2D eigenvalue weighted by Crippen LogP contribution is -2.25. The number of nitrogens with two attached hydrogens (primary N) is 1. The molecule has 200 valence electrons. The molecule has 1 saturated heterocycles. The lowest BCUT2D eigenvalue weighted by Gasteiger charge is -2.16. The largest absolute Gasteiger partial charge is 0.489 e. The van der Waals surface area contributed by atoms with Gasteiger partial charge in [-0.05, 0) is 66.9 Å². The Balaban J connectivity index is 1.39. The number of pyridine rings is 1. The molecule has 1 aliphatic heterocycles. The molecule has 0 saturated carbocycles. The van der Waals surface area contributed by atoms with Gasteiger partial charge in [0.1, 0.15) is 18.1 Å². The minimum atomic E-state index is -1.12. The van der Waals surface area contributed by atoms with E-state index in [0.29, 0.717) is 18.0 Å². The normalized spacial score (nSPS) is 14.0. The Kier molecular flexibility index (Phi) is 7.59. The number of likely N-dealkylation sites (tertiary alicyclic amines) is 1. The van der Waals surface area contributed by atoms with Gasteiger partial charge in [0.25, 0.3) is 0 Å². The van der Waals surface area contributed by atoms with Crippen molar-refractivity contribution in [2.75, 3.05) is 32.0 Å². The van der Waals surface area contributed by atoms with Crippen molar-refractivity contribution in [1.29, 1.82) is 0 Å². The second kappa shape index (κ2) is 11.2. The van der Waals surface area contributed by atoms with Crippen LogP contribution >= 0.6 is 0 Å². The van der Waals surface area contributed by atoms with E-state index in [2.05, 4.69) is 44.4 Å². The molecule has 0 atom stereocenters. The molecule has 1 fully saturated rings. The number of anilines is 1. The quantitative estimate of drug-likeness (QED) is 0.332. The van der Waals surface area contributed by atoms with Gasteiger partial charge >= 0.3 is 0 Å². The topological polar surface area (TPSA) is 113 Å². The maximum absolute atomic E-state index is 15.2. The molecular weight excluding hydrogens is 492 g/mol. The summed E-state index contributed by atoms with van der Waals surface area (Å²) in [6.45, 7) is 8.06. The number of hydrogen-bond donors (Lipinski definition) is 1. The summed E-state index contributed by atoms with van der Waals surface area (Å²) in [7, 11) is 0. The monoisotopic (exact) mass is 523 g/mol. The maximum atomic E-state index is 15.2. The zero-order valence-corrected chi connectivity index (χ0v) is 21.5. The molecule has 0 amide bonds. The van der Waals surface area contributed by atoms with E-state index >= 15 is 4.39 Å². The molecule has 0 unspecified atom stereocenters. The third-order valence-electron chi connectivity index (χ3n) is 6.65. The number of nitrogen functional groups attached to an aromatic ring is 1. The van der Waals surface area contributed by atoms with Crippen molar-refractivity contribution < 1.29 is 13.5 Å². The van der Waals surface area contributed by atoms with E-state index in [4.69, 9.17) is 10.5 Å². The minimum absolute atomic E-state index is 0.130. The molecule has 0 bridgehead atoms. The third-order valence-corrected chi connectivity index (χ3v) is 6.65. The molecule has 0 spiro atoms. The van der Waals surface area contributed by atoms with Gasteiger partial charge in [-0.3, -0.25) is 9.58 Å². The van der Waals surface area contributed by atoms with Crippen LogP contribution in [0.25, 0.3) is 28.2 Å². The number of nitrogens with zero attached hydrogens (tertiary/aromatic N) is 8. The molecule has 10 nitrogen and oxygen atoms in total. The Morgan fingerprint density at radius 1 is 1.05 bits per heavy atom. The summed E-state index contributed by atoms with van der Waals surface area (Å²) in [4.78, 5) is 6.53. The van der Waals surface area contributed by atoms with Crippen molar-refractivity contribution in [1.82, 2.24) is 39.9 Å². The Morgan fingerprint density at radius 2 is 1.87 bits per heavy atom. The molecule has 4 aromatic rings. The predicted octanol–water partition coefficient (Wildman–Crippen LogP) is 3.97. The van der Waals surface area contributed by atoms with Crippen LogP contribution in [-0.4, -0.2) is 66.1 Å². The molecule has 1 aliphatic rings. The van der Waals surface area contributed by atoms with Crippen molar-refractivity contribution >= 4 is 5.82 Å². The van der Waals surface area contributed by atoms with E-state index < -0.39 is 11.6 Å². The van der Waals surface area contributed by atoms with Crippen molar-refractivity contribution in [3.8, 4) is 34.0 Å². The maximum Gasteiger partial charge on any atom is 0.202 e. The highest BCUT2D eigenvalue weighted by molar-refractivity contribution is 5.76. The van der Waals surface area contributed by atoms with E-state index in [-0.39, 0.29) is 29.7 Å². The first-order valence-corrected chi connectivity index (χ1v) is 12.8. The second-order valence-corrected chi connectivity index (χ2v) is 9.85. The Morgan fingerprint density at radius 3 is 2.66 bits per heavy atom. The summed E-state index contributed by atoms with van der Waals surface area (Å²) in [5, 5.41) is 16.0. The smallest absolute Gasteiger partial charge is 0.202 e. The molecule has 38 heavy (non-hydrogen) atoms. The number of aryl methyl sites for hydroxylation is 1. The van der Waals surface area contributed by atoms with Crippen molar-refractivity contribution in [3.63, 3.8) is 0 Å². The van der Waals surface area contributed by atoms with Gasteiger partial charge in [-0.15, -0.1) is 5.10 Å². The van der Waals surface area contributed by atoms with E-state index in [1.807, 2.05) is 10.9 Å². The van der Waals surface area contributed by atoms with Crippen LogP contribution < -0.4 is 10.5 Å². The molecular formula is C26H31F2N9O. The number of rotatable bonds is 10. The highest BCUT2D eigenvalue weighted by atomic mass is 19.2. The first kappa shape index (κ1) is 25.7. The summed E-state index contributed by atoms with van der Waals surface area (Å²) in [6.07, 6.45) is 8.61. The van der Waals surface area contributed by atoms with Gasteiger partial charge in [0.15, 0.2) is 17.4 Å². The fraction of sp³-hybridized carbons (Fsp3) is 0.423.